The van der Waals surface area contributed by atoms with E-state index in [2.05, 4.69) is 10.4 Å². The van der Waals surface area contributed by atoms with Crippen molar-refractivity contribution in [1.29, 1.82) is 0 Å². The van der Waals surface area contributed by atoms with Crippen molar-refractivity contribution in [2.45, 2.75) is 37.8 Å². The molecular weight excluding hydrogens is 312 g/mol. The average molecular weight is 332 g/mol. The third kappa shape index (κ3) is 4.10. The molecule has 1 unspecified atom stereocenters. The summed E-state index contributed by atoms with van der Waals surface area (Å²) in [4.78, 5) is 11.5. The molecular formula is C12H20N4O5S. The zero-order chi connectivity index (χ0) is 16.5. The monoisotopic (exact) mass is 332 g/mol. The highest BCUT2D eigenvalue weighted by Crippen LogP contribution is 2.27. The predicted octanol–water partition coefficient (Wildman–Crippen LogP) is 0.0638. The highest BCUT2D eigenvalue weighted by Gasteiger charge is 2.28. The molecule has 0 radical (unpaired) electrons. The lowest BCUT2D eigenvalue weighted by molar-refractivity contribution is 0.0503. The summed E-state index contributed by atoms with van der Waals surface area (Å²) >= 11 is 0. The van der Waals surface area contributed by atoms with E-state index >= 15 is 0 Å². The number of hydrogen-bond acceptors (Lipinski definition) is 6. The first-order chi connectivity index (χ1) is 10.1. The van der Waals surface area contributed by atoms with Crippen molar-refractivity contribution in [2.24, 2.45) is 11.1 Å². The summed E-state index contributed by atoms with van der Waals surface area (Å²) < 4.78 is 34.7. The molecule has 1 atom stereocenters. The fraction of sp³-hybridized carbons (Fsp3) is 0.667. The van der Waals surface area contributed by atoms with Gasteiger partial charge in [0.25, 0.3) is 0 Å². The van der Waals surface area contributed by atoms with Crippen molar-refractivity contribution in [3.8, 4) is 5.88 Å². The molecule has 1 aliphatic rings. The second kappa shape index (κ2) is 5.76. The van der Waals surface area contributed by atoms with Gasteiger partial charge in [-0.15, -0.1) is 0 Å². The quantitative estimate of drug-likeness (QED) is 0.806. The second-order valence-corrected chi connectivity index (χ2v) is 7.63. The smallest absolute Gasteiger partial charge is 0.407 e. The molecule has 0 fully saturated rings. The number of amides is 1. The second-order valence-electron chi connectivity index (χ2n) is 6.10. The Morgan fingerprint density at radius 1 is 1.59 bits per heavy atom. The van der Waals surface area contributed by atoms with Gasteiger partial charge in [-0.05, 0) is 20.8 Å². The third-order valence-electron chi connectivity index (χ3n) is 2.89. The van der Waals surface area contributed by atoms with E-state index in [-0.39, 0.29) is 23.3 Å². The molecule has 22 heavy (non-hydrogen) atoms. The first-order valence-electron chi connectivity index (χ1n) is 6.74. The van der Waals surface area contributed by atoms with Crippen LogP contribution in [0.3, 0.4) is 0 Å². The van der Waals surface area contributed by atoms with Crippen LogP contribution in [0.5, 0.6) is 5.88 Å². The van der Waals surface area contributed by atoms with E-state index in [0.717, 1.165) is 6.20 Å². The first-order valence-corrected chi connectivity index (χ1v) is 8.29. The molecule has 0 bridgehead atoms. The number of alkyl carbamates (subject to hydrolysis) is 1. The van der Waals surface area contributed by atoms with Crippen LogP contribution in [0.4, 0.5) is 4.79 Å². The number of carbonyl (C=O) groups excluding carboxylic acids is 1. The summed E-state index contributed by atoms with van der Waals surface area (Å²) in [6.07, 6.45) is 0.651. The van der Waals surface area contributed by atoms with E-state index in [1.807, 2.05) is 0 Å². The molecule has 1 aliphatic heterocycles. The number of hydrogen-bond donors (Lipinski definition) is 2. The Hall–Kier alpha value is -1.81. The van der Waals surface area contributed by atoms with Crippen molar-refractivity contribution >= 4 is 16.1 Å². The van der Waals surface area contributed by atoms with Gasteiger partial charge in [0.15, 0.2) is 4.90 Å². The van der Waals surface area contributed by atoms with Gasteiger partial charge in [0.1, 0.15) is 5.60 Å². The van der Waals surface area contributed by atoms with E-state index in [1.54, 1.807) is 20.8 Å². The normalized spacial score (nSPS) is 18.3. The van der Waals surface area contributed by atoms with Crippen LogP contribution in [-0.4, -0.2) is 43.0 Å². The zero-order valence-electron chi connectivity index (χ0n) is 12.7. The van der Waals surface area contributed by atoms with Crippen molar-refractivity contribution in [2.75, 3.05) is 13.2 Å². The van der Waals surface area contributed by atoms with Crippen molar-refractivity contribution in [3.63, 3.8) is 0 Å². The van der Waals surface area contributed by atoms with Crippen LogP contribution in [0, 0.1) is 5.92 Å². The van der Waals surface area contributed by atoms with Gasteiger partial charge in [-0.1, -0.05) is 0 Å². The van der Waals surface area contributed by atoms with Crippen LogP contribution in [0.15, 0.2) is 11.1 Å². The Morgan fingerprint density at radius 3 is 2.86 bits per heavy atom. The van der Waals surface area contributed by atoms with Crippen molar-refractivity contribution in [1.82, 2.24) is 15.1 Å². The number of nitrogens with zero attached hydrogens (tertiary/aromatic N) is 2. The number of fused-ring (bicyclic) bond motifs is 1. The molecule has 0 saturated carbocycles. The Balaban J connectivity index is 1.94. The number of primary sulfonamides is 1. The highest BCUT2D eigenvalue weighted by atomic mass is 32.2. The largest absolute Gasteiger partial charge is 0.476 e. The van der Waals surface area contributed by atoms with E-state index in [4.69, 9.17) is 14.6 Å². The molecule has 2 heterocycles. The minimum absolute atomic E-state index is 0.0479. The van der Waals surface area contributed by atoms with Gasteiger partial charge in [0, 0.05) is 12.5 Å². The Kier molecular flexibility index (Phi) is 4.34. The number of nitrogens with one attached hydrogen (secondary N) is 1. The van der Waals surface area contributed by atoms with Crippen LogP contribution in [0.25, 0.3) is 0 Å². The summed E-state index contributed by atoms with van der Waals surface area (Å²) in [6.45, 7) is 6.34. The minimum atomic E-state index is -3.86. The molecule has 1 aromatic heterocycles. The topological polar surface area (TPSA) is 126 Å². The van der Waals surface area contributed by atoms with Gasteiger partial charge in [0.2, 0.25) is 15.9 Å². The lowest BCUT2D eigenvalue weighted by Crippen LogP contribution is -2.39. The maximum absolute atomic E-state index is 11.6. The summed E-state index contributed by atoms with van der Waals surface area (Å²) in [5.41, 5.74) is -0.563. The molecule has 124 valence electrons. The van der Waals surface area contributed by atoms with Gasteiger partial charge in [-0.2, -0.15) is 5.10 Å². The summed E-state index contributed by atoms with van der Waals surface area (Å²) in [5, 5.41) is 11.7. The Bertz CT molecular complexity index is 662. The summed E-state index contributed by atoms with van der Waals surface area (Å²) in [6, 6.07) is 0. The van der Waals surface area contributed by atoms with Crippen LogP contribution < -0.4 is 15.2 Å². The molecule has 1 aromatic rings. The predicted molar refractivity (Wildman–Crippen MR) is 76.8 cm³/mol. The molecule has 0 aromatic carbocycles. The van der Waals surface area contributed by atoms with Crippen LogP contribution in [0.2, 0.25) is 0 Å². The minimum Gasteiger partial charge on any atom is -0.476 e. The lowest BCUT2D eigenvalue weighted by atomic mass is 10.1. The van der Waals surface area contributed by atoms with E-state index in [9.17, 15) is 13.2 Å². The SMILES string of the molecule is CC(C)(C)OC(=O)NCC1COc2c(S(N)(=O)=O)cnn2C1. The molecule has 1 amide bonds. The average Bonchev–Trinajstić information content (AvgIpc) is 2.76. The molecule has 0 saturated heterocycles. The van der Waals surface area contributed by atoms with Crippen molar-refractivity contribution in [3.05, 3.63) is 6.20 Å². The van der Waals surface area contributed by atoms with Gasteiger partial charge in [0.05, 0.1) is 19.3 Å². The molecule has 10 heteroatoms. The fourth-order valence-corrected chi connectivity index (χ4v) is 2.59. The number of nitrogens with two attached hydrogens (primary N) is 1. The van der Waals surface area contributed by atoms with Crippen LogP contribution in [0.1, 0.15) is 20.8 Å². The van der Waals surface area contributed by atoms with E-state index < -0.39 is 21.7 Å². The number of ether oxygens (including phenoxy) is 2. The fourth-order valence-electron chi connectivity index (χ4n) is 1.99. The first kappa shape index (κ1) is 16.6. The van der Waals surface area contributed by atoms with Gasteiger partial charge in [-0.25, -0.2) is 23.0 Å². The van der Waals surface area contributed by atoms with E-state index in [0.29, 0.717) is 13.1 Å². The molecule has 2 rings (SSSR count). The Labute approximate surface area is 128 Å². The Morgan fingerprint density at radius 2 is 2.27 bits per heavy atom. The van der Waals surface area contributed by atoms with Crippen molar-refractivity contribution < 1.29 is 22.7 Å². The maximum Gasteiger partial charge on any atom is 0.407 e. The standard InChI is InChI=1S/C12H20N4O5S/c1-12(2,3)21-11(17)14-4-8-6-16-10(20-7-8)9(5-15-16)22(13,18)19/h5,8H,4,6-7H2,1-3H3,(H,14,17)(H2,13,18,19). The summed E-state index contributed by atoms with van der Waals surface area (Å²) in [5.74, 6) is 0.0873. The number of carbonyl (C=O) groups is 1. The highest BCUT2D eigenvalue weighted by molar-refractivity contribution is 7.89. The van der Waals surface area contributed by atoms with Crippen LogP contribution >= 0.6 is 0 Å². The number of sulfonamides is 1. The molecule has 3 N–H and O–H groups in total. The molecule has 9 nitrogen and oxygen atoms in total. The number of rotatable bonds is 3. The third-order valence-corrected chi connectivity index (χ3v) is 3.78. The maximum atomic E-state index is 11.6. The van der Waals surface area contributed by atoms with Gasteiger partial charge < -0.3 is 14.8 Å². The zero-order valence-corrected chi connectivity index (χ0v) is 13.5. The molecule has 0 spiro atoms. The van der Waals surface area contributed by atoms with Gasteiger partial charge >= 0.3 is 6.09 Å². The van der Waals surface area contributed by atoms with Gasteiger partial charge in [-0.3, -0.25) is 0 Å². The summed E-state index contributed by atoms with van der Waals surface area (Å²) in [7, 11) is -3.86. The lowest BCUT2D eigenvalue weighted by Gasteiger charge is -2.25. The van der Waals surface area contributed by atoms with E-state index in [1.165, 1.54) is 4.68 Å². The molecule has 0 aliphatic carbocycles. The number of aromatic nitrogens is 2. The van der Waals surface area contributed by atoms with Crippen LogP contribution in [-0.2, 0) is 21.3 Å².